The molecule has 1 rings (SSSR count). The average Bonchev–Trinajstić information content (AvgIpc) is 2.35. The third-order valence-corrected chi connectivity index (χ3v) is 2.40. The van der Waals surface area contributed by atoms with Gasteiger partial charge in [-0.3, -0.25) is 4.99 Å². The lowest BCUT2D eigenvalue weighted by atomic mass is 10.2. The van der Waals surface area contributed by atoms with Crippen LogP contribution in [0.1, 0.15) is 12.5 Å². The van der Waals surface area contributed by atoms with Crippen molar-refractivity contribution in [1.29, 1.82) is 0 Å². The van der Waals surface area contributed by atoms with E-state index in [1.165, 1.54) is 7.11 Å². The van der Waals surface area contributed by atoms with Crippen LogP contribution in [0.4, 0.5) is 5.69 Å². The average molecular weight is 234 g/mol. The summed E-state index contributed by atoms with van der Waals surface area (Å²) in [7, 11) is 5.34. The second-order valence-electron chi connectivity index (χ2n) is 3.96. The minimum atomic E-state index is -0.464. The molecule has 0 amide bonds. The Morgan fingerprint density at radius 2 is 1.94 bits per heavy atom. The molecule has 4 heteroatoms. The predicted molar refractivity (Wildman–Crippen MR) is 69.8 cm³/mol. The molecule has 0 N–H and O–H groups in total. The number of anilines is 1. The summed E-state index contributed by atoms with van der Waals surface area (Å²) in [5.74, 6) is -0.328. The zero-order valence-electron chi connectivity index (χ0n) is 10.7. The number of benzene rings is 1. The van der Waals surface area contributed by atoms with Gasteiger partial charge in [-0.1, -0.05) is 12.1 Å². The highest BCUT2D eigenvalue weighted by Crippen LogP contribution is 2.11. The summed E-state index contributed by atoms with van der Waals surface area (Å²) in [6, 6.07) is 7.47. The first-order valence-corrected chi connectivity index (χ1v) is 5.43. The SMILES string of the molecule is COC(=O)C(C)N=Cc1ccc(N(C)C)cc1. The molecule has 0 aliphatic rings. The first-order chi connectivity index (χ1) is 8.04. The molecule has 1 aromatic rings. The lowest BCUT2D eigenvalue weighted by Gasteiger charge is -2.11. The number of ether oxygens (including phenoxy) is 1. The van der Waals surface area contributed by atoms with Crippen molar-refractivity contribution in [3.63, 3.8) is 0 Å². The Labute approximate surface area is 102 Å². The smallest absolute Gasteiger partial charge is 0.330 e. The lowest BCUT2D eigenvalue weighted by molar-refractivity contribution is -0.141. The van der Waals surface area contributed by atoms with E-state index in [4.69, 9.17) is 0 Å². The highest BCUT2D eigenvalue weighted by Gasteiger charge is 2.09. The first kappa shape index (κ1) is 13.2. The van der Waals surface area contributed by atoms with Crippen molar-refractivity contribution in [2.24, 2.45) is 4.99 Å². The van der Waals surface area contributed by atoms with E-state index in [2.05, 4.69) is 9.73 Å². The van der Waals surface area contributed by atoms with Gasteiger partial charge in [0.05, 0.1) is 7.11 Å². The van der Waals surface area contributed by atoms with Gasteiger partial charge in [-0.05, 0) is 24.6 Å². The first-order valence-electron chi connectivity index (χ1n) is 5.43. The predicted octanol–water partition coefficient (Wildman–Crippen LogP) is 1.73. The number of carbonyl (C=O) groups is 1. The maximum atomic E-state index is 11.1. The summed E-state index contributed by atoms with van der Waals surface area (Å²) in [6.45, 7) is 1.70. The van der Waals surface area contributed by atoms with Gasteiger partial charge in [0.2, 0.25) is 0 Å². The number of esters is 1. The van der Waals surface area contributed by atoms with Crippen molar-refractivity contribution in [2.75, 3.05) is 26.1 Å². The molecule has 0 fully saturated rings. The topological polar surface area (TPSA) is 41.9 Å². The van der Waals surface area contributed by atoms with E-state index in [0.29, 0.717) is 0 Å². The molecule has 0 bridgehead atoms. The van der Waals surface area contributed by atoms with Crippen molar-refractivity contribution >= 4 is 17.9 Å². The van der Waals surface area contributed by atoms with Gasteiger partial charge in [-0.25, -0.2) is 4.79 Å². The van der Waals surface area contributed by atoms with Crippen LogP contribution < -0.4 is 4.90 Å². The van der Waals surface area contributed by atoms with Crippen molar-refractivity contribution in [3.05, 3.63) is 29.8 Å². The Bertz CT molecular complexity index is 396. The molecule has 0 saturated carbocycles. The zero-order chi connectivity index (χ0) is 12.8. The van der Waals surface area contributed by atoms with Crippen molar-refractivity contribution < 1.29 is 9.53 Å². The van der Waals surface area contributed by atoms with Gasteiger partial charge in [0.1, 0.15) is 6.04 Å². The number of carbonyl (C=O) groups excluding carboxylic acids is 1. The highest BCUT2D eigenvalue weighted by molar-refractivity contribution is 5.84. The van der Waals surface area contributed by atoms with E-state index in [0.717, 1.165) is 11.3 Å². The number of hydrogen-bond donors (Lipinski definition) is 0. The minimum absolute atomic E-state index is 0.328. The number of rotatable bonds is 4. The molecule has 0 spiro atoms. The third kappa shape index (κ3) is 3.90. The van der Waals surface area contributed by atoms with E-state index in [9.17, 15) is 4.79 Å². The number of aliphatic imine (C=N–C) groups is 1. The fourth-order valence-electron chi connectivity index (χ4n) is 1.29. The second kappa shape index (κ2) is 6.03. The van der Waals surface area contributed by atoms with Crippen LogP contribution in [0.5, 0.6) is 0 Å². The largest absolute Gasteiger partial charge is 0.467 e. The van der Waals surface area contributed by atoms with E-state index >= 15 is 0 Å². The molecular weight excluding hydrogens is 216 g/mol. The molecule has 0 aliphatic carbocycles. The van der Waals surface area contributed by atoms with Crippen molar-refractivity contribution in [2.45, 2.75) is 13.0 Å². The summed E-state index contributed by atoms with van der Waals surface area (Å²) >= 11 is 0. The minimum Gasteiger partial charge on any atom is -0.467 e. The summed E-state index contributed by atoms with van der Waals surface area (Å²) in [5, 5.41) is 0. The Balaban J connectivity index is 2.69. The molecule has 4 nitrogen and oxygen atoms in total. The quantitative estimate of drug-likeness (QED) is 0.588. The molecule has 1 aromatic carbocycles. The van der Waals surface area contributed by atoms with E-state index in [-0.39, 0.29) is 5.97 Å². The number of nitrogens with zero attached hydrogens (tertiary/aromatic N) is 2. The molecular formula is C13H18N2O2. The summed E-state index contributed by atoms with van der Waals surface area (Å²) in [4.78, 5) is 17.3. The van der Waals surface area contributed by atoms with Crippen LogP contribution in [0.3, 0.4) is 0 Å². The summed E-state index contributed by atoms with van der Waals surface area (Å²) < 4.78 is 4.59. The van der Waals surface area contributed by atoms with Crippen LogP contribution in [0.2, 0.25) is 0 Å². The summed E-state index contributed by atoms with van der Waals surface area (Å²) in [6.07, 6.45) is 1.68. The molecule has 1 atom stereocenters. The van der Waals surface area contributed by atoms with Crippen LogP contribution in [-0.4, -0.2) is 39.4 Å². The molecule has 0 radical (unpaired) electrons. The van der Waals surface area contributed by atoms with Crippen LogP contribution in [0, 0.1) is 0 Å². The number of methoxy groups -OCH3 is 1. The van der Waals surface area contributed by atoms with Gasteiger partial charge >= 0.3 is 5.97 Å². The molecule has 0 aliphatic heterocycles. The van der Waals surface area contributed by atoms with Crippen LogP contribution >= 0.6 is 0 Å². The molecule has 0 aromatic heterocycles. The molecule has 1 unspecified atom stereocenters. The normalized spacial score (nSPS) is 12.5. The zero-order valence-corrected chi connectivity index (χ0v) is 10.7. The highest BCUT2D eigenvalue weighted by atomic mass is 16.5. The van der Waals surface area contributed by atoms with Gasteiger partial charge in [0, 0.05) is 26.0 Å². The Morgan fingerprint density at radius 1 is 1.35 bits per heavy atom. The van der Waals surface area contributed by atoms with E-state index in [1.807, 2.05) is 43.3 Å². The van der Waals surface area contributed by atoms with Gasteiger partial charge < -0.3 is 9.64 Å². The van der Waals surface area contributed by atoms with Crippen molar-refractivity contribution in [1.82, 2.24) is 0 Å². The fourth-order valence-corrected chi connectivity index (χ4v) is 1.29. The fraction of sp³-hybridized carbons (Fsp3) is 0.385. The Hall–Kier alpha value is -1.84. The maximum Gasteiger partial charge on any atom is 0.330 e. The Morgan fingerprint density at radius 3 is 2.41 bits per heavy atom. The van der Waals surface area contributed by atoms with Gasteiger partial charge in [-0.15, -0.1) is 0 Å². The van der Waals surface area contributed by atoms with Crippen LogP contribution in [-0.2, 0) is 9.53 Å². The molecule has 0 saturated heterocycles. The molecule has 17 heavy (non-hydrogen) atoms. The summed E-state index contributed by atoms with van der Waals surface area (Å²) in [5.41, 5.74) is 2.09. The molecule has 92 valence electrons. The van der Waals surface area contributed by atoms with Crippen LogP contribution in [0.15, 0.2) is 29.3 Å². The Kier molecular flexibility index (Phi) is 4.69. The van der Waals surface area contributed by atoms with Gasteiger partial charge in [0.15, 0.2) is 0 Å². The number of hydrogen-bond acceptors (Lipinski definition) is 4. The second-order valence-corrected chi connectivity index (χ2v) is 3.96. The van der Waals surface area contributed by atoms with E-state index < -0.39 is 6.04 Å². The van der Waals surface area contributed by atoms with Gasteiger partial charge in [-0.2, -0.15) is 0 Å². The van der Waals surface area contributed by atoms with Gasteiger partial charge in [0.25, 0.3) is 0 Å². The standard InChI is InChI=1S/C13H18N2O2/c1-10(13(16)17-4)14-9-11-5-7-12(8-6-11)15(2)3/h5-10H,1-4H3. The van der Waals surface area contributed by atoms with Crippen LogP contribution in [0.25, 0.3) is 0 Å². The third-order valence-electron chi connectivity index (χ3n) is 2.40. The lowest BCUT2D eigenvalue weighted by Crippen LogP contribution is -2.16. The maximum absolute atomic E-state index is 11.1. The van der Waals surface area contributed by atoms with Crippen molar-refractivity contribution in [3.8, 4) is 0 Å². The molecule has 0 heterocycles. The van der Waals surface area contributed by atoms with E-state index in [1.54, 1.807) is 13.1 Å². The monoisotopic (exact) mass is 234 g/mol.